The summed E-state index contributed by atoms with van der Waals surface area (Å²) in [4.78, 5) is 23.1. The third-order valence-corrected chi connectivity index (χ3v) is 3.42. The highest BCUT2D eigenvalue weighted by atomic mass is 16.4. The van der Waals surface area contributed by atoms with Crippen LogP contribution >= 0.6 is 0 Å². The molecular weight excluding hydrogens is 284 g/mol. The van der Waals surface area contributed by atoms with E-state index in [0.29, 0.717) is 11.5 Å². The summed E-state index contributed by atoms with van der Waals surface area (Å²) in [5, 5.41) is 8.81. The fourth-order valence-electron chi connectivity index (χ4n) is 2.29. The number of hydrogen-bond acceptors (Lipinski definition) is 4. The van der Waals surface area contributed by atoms with E-state index in [1.54, 1.807) is 6.07 Å². The number of rotatable bonds is 6. The average Bonchev–Trinajstić information content (AvgIpc) is 3.04. The third kappa shape index (κ3) is 3.30. The van der Waals surface area contributed by atoms with Crippen molar-refractivity contribution in [3.8, 4) is 0 Å². The van der Waals surface area contributed by atoms with Gasteiger partial charge >= 0.3 is 5.97 Å². The Labute approximate surface area is 128 Å². The molecule has 0 amide bonds. The maximum Gasteiger partial charge on any atom is 0.371 e. The van der Waals surface area contributed by atoms with Gasteiger partial charge in [0.05, 0.1) is 6.42 Å². The van der Waals surface area contributed by atoms with Crippen molar-refractivity contribution in [3.05, 3.63) is 46.8 Å². The van der Waals surface area contributed by atoms with E-state index >= 15 is 0 Å². The number of ketones is 1. The average molecular weight is 304 g/mol. The minimum Gasteiger partial charge on any atom is -0.475 e. The largest absolute Gasteiger partial charge is 0.475 e. The lowest BCUT2D eigenvalue weighted by molar-refractivity contribution is 0.0658. The lowest BCUT2D eigenvalue weighted by Crippen LogP contribution is -2.01. The standard InChI is InChI=1S/C17H20O5/c1-9(2)12-8-15(22-16(12)10(3)4)13(18)7-11-5-6-14(21-11)17(19)20/h5-6,8-10H,7H2,1-4H3,(H,19,20). The molecule has 0 unspecified atom stereocenters. The molecule has 0 saturated heterocycles. The second-order valence-electron chi connectivity index (χ2n) is 5.91. The number of carboxylic acids is 1. The molecule has 0 bridgehead atoms. The van der Waals surface area contributed by atoms with Gasteiger partial charge in [0.2, 0.25) is 11.5 Å². The van der Waals surface area contributed by atoms with E-state index in [9.17, 15) is 9.59 Å². The van der Waals surface area contributed by atoms with E-state index in [1.807, 2.05) is 13.8 Å². The molecule has 0 radical (unpaired) electrons. The predicted octanol–water partition coefficient (Wildman–Crippen LogP) is 4.24. The summed E-state index contributed by atoms with van der Waals surface area (Å²) in [6, 6.07) is 4.62. The van der Waals surface area contributed by atoms with Gasteiger partial charge in [0.1, 0.15) is 11.5 Å². The molecule has 0 saturated carbocycles. The molecule has 0 atom stereocenters. The van der Waals surface area contributed by atoms with E-state index in [4.69, 9.17) is 13.9 Å². The zero-order valence-electron chi connectivity index (χ0n) is 13.2. The smallest absolute Gasteiger partial charge is 0.371 e. The first-order chi connectivity index (χ1) is 10.3. The van der Waals surface area contributed by atoms with Gasteiger partial charge in [-0.3, -0.25) is 4.79 Å². The molecule has 2 aromatic heterocycles. The Morgan fingerprint density at radius 1 is 1.05 bits per heavy atom. The van der Waals surface area contributed by atoms with Gasteiger partial charge < -0.3 is 13.9 Å². The van der Waals surface area contributed by atoms with Crippen LogP contribution in [0.15, 0.2) is 27.0 Å². The Morgan fingerprint density at radius 3 is 2.18 bits per heavy atom. The van der Waals surface area contributed by atoms with Crippen molar-refractivity contribution in [3.63, 3.8) is 0 Å². The van der Waals surface area contributed by atoms with Crippen LogP contribution in [-0.2, 0) is 6.42 Å². The molecule has 0 aromatic carbocycles. The van der Waals surface area contributed by atoms with Crippen LogP contribution in [0.2, 0.25) is 0 Å². The summed E-state index contributed by atoms with van der Waals surface area (Å²) in [5.41, 5.74) is 1.03. The van der Waals surface area contributed by atoms with Crippen LogP contribution in [0, 0.1) is 0 Å². The molecule has 5 heteroatoms. The van der Waals surface area contributed by atoms with E-state index in [0.717, 1.165) is 11.3 Å². The number of carbonyl (C=O) groups is 2. The Hall–Kier alpha value is -2.30. The molecule has 2 rings (SSSR count). The molecule has 118 valence electrons. The highest BCUT2D eigenvalue weighted by molar-refractivity contribution is 5.95. The zero-order chi connectivity index (χ0) is 16.4. The SMILES string of the molecule is CC(C)c1cc(C(=O)Cc2ccc(C(=O)O)o2)oc1C(C)C. The van der Waals surface area contributed by atoms with Crippen LogP contribution in [0.3, 0.4) is 0 Å². The van der Waals surface area contributed by atoms with Gasteiger partial charge in [0, 0.05) is 5.92 Å². The Bertz CT molecular complexity index is 662. The monoisotopic (exact) mass is 304 g/mol. The number of furan rings is 2. The zero-order valence-corrected chi connectivity index (χ0v) is 13.2. The normalized spacial score (nSPS) is 11.4. The topological polar surface area (TPSA) is 80.7 Å². The van der Waals surface area contributed by atoms with E-state index in [2.05, 4.69) is 13.8 Å². The summed E-state index contributed by atoms with van der Waals surface area (Å²) in [6.07, 6.45) is -0.0180. The van der Waals surface area contributed by atoms with Gasteiger partial charge in [-0.05, 0) is 29.7 Å². The lowest BCUT2D eigenvalue weighted by Gasteiger charge is -2.07. The molecule has 0 aliphatic carbocycles. The number of hydrogen-bond donors (Lipinski definition) is 1. The summed E-state index contributed by atoms with van der Waals surface area (Å²) >= 11 is 0. The van der Waals surface area contributed by atoms with Crippen LogP contribution in [0.1, 0.15) is 77.7 Å². The summed E-state index contributed by atoms with van der Waals surface area (Å²) in [7, 11) is 0. The Balaban J connectivity index is 2.22. The fraction of sp³-hybridized carbons (Fsp3) is 0.412. The van der Waals surface area contributed by atoms with Crippen molar-refractivity contribution in [2.24, 2.45) is 0 Å². The van der Waals surface area contributed by atoms with Gasteiger partial charge in [-0.1, -0.05) is 27.7 Å². The molecule has 2 aromatic rings. The van der Waals surface area contributed by atoms with Crippen molar-refractivity contribution >= 4 is 11.8 Å². The number of carbonyl (C=O) groups excluding carboxylic acids is 1. The molecule has 0 aliphatic heterocycles. The first-order valence-electron chi connectivity index (χ1n) is 7.28. The van der Waals surface area contributed by atoms with Crippen molar-refractivity contribution in [1.82, 2.24) is 0 Å². The molecule has 2 heterocycles. The highest BCUT2D eigenvalue weighted by Crippen LogP contribution is 2.30. The summed E-state index contributed by atoms with van der Waals surface area (Å²) in [6.45, 7) is 8.14. The Morgan fingerprint density at radius 2 is 1.73 bits per heavy atom. The number of aromatic carboxylic acids is 1. The van der Waals surface area contributed by atoms with E-state index < -0.39 is 5.97 Å². The van der Waals surface area contributed by atoms with Crippen LogP contribution in [0.5, 0.6) is 0 Å². The van der Waals surface area contributed by atoms with Crippen molar-refractivity contribution < 1.29 is 23.5 Å². The number of carboxylic acid groups (broad SMARTS) is 1. The first-order valence-corrected chi connectivity index (χ1v) is 7.28. The maximum absolute atomic E-state index is 12.3. The van der Waals surface area contributed by atoms with Crippen LogP contribution in [0.4, 0.5) is 0 Å². The number of Topliss-reactive ketones (excluding diaryl/α,β-unsaturated/α-hetero) is 1. The maximum atomic E-state index is 12.3. The van der Waals surface area contributed by atoms with Crippen molar-refractivity contribution in [2.75, 3.05) is 0 Å². The van der Waals surface area contributed by atoms with Crippen molar-refractivity contribution in [2.45, 2.75) is 46.0 Å². The third-order valence-electron chi connectivity index (χ3n) is 3.42. The molecule has 1 N–H and O–H groups in total. The van der Waals surface area contributed by atoms with Gasteiger partial charge in [0.25, 0.3) is 0 Å². The van der Waals surface area contributed by atoms with Crippen LogP contribution < -0.4 is 0 Å². The van der Waals surface area contributed by atoms with Gasteiger partial charge in [-0.25, -0.2) is 4.79 Å². The minimum absolute atomic E-state index is 0.0180. The van der Waals surface area contributed by atoms with E-state index in [-0.39, 0.29) is 29.8 Å². The molecule has 22 heavy (non-hydrogen) atoms. The minimum atomic E-state index is -1.15. The summed E-state index contributed by atoms with van der Waals surface area (Å²) in [5.74, 6) is 0.348. The second-order valence-corrected chi connectivity index (χ2v) is 5.91. The quantitative estimate of drug-likeness (QED) is 0.807. The molecule has 0 spiro atoms. The molecule has 5 nitrogen and oxygen atoms in total. The lowest BCUT2D eigenvalue weighted by atomic mass is 9.98. The van der Waals surface area contributed by atoms with Crippen LogP contribution in [-0.4, -0.2) is 16.9 Å². The Kier molecular flexibility index (Phi) is 4.54. The van der Waals surface area contributed by atoms with E-state index in [1.165, 1.54) is 12.1 Å². The molecular formula is C17H20O5. The van der Waals surface area contributed by atoms with Gasteiger partial charge in [0.15, 0.2) is 5.76 Å². The summed E-state index contributed by atoms with van der Waals surface area (Å²) < 4.78 is 10.8. The highest BCUT2D eigenvalue weighted by Gasteiger charge is 2.21. The van der Waals surface area contributed by atoms with Crippen molar-refractivity contribution in [1.29, 1.82) is 0 Å². The fourth-order valence-corrected chi connectivity index (χ4v) is 2.29. The second kappa shape index (κ2) is 6.22. The molecule has 0 fully saturated rings. The van der Waals surface area contributed by atoms with Crippen LogP contribution in [0.25, 0.3) is 0 Å². The van der Waals surface area contributed by atoms with Gasteiger partial charge in [-0.15, -0.1) is 0 Å². The van der Waals surface area contributed by atoms with Gasteiger partial charge in [-0.2, -0.15) is 0 Å². The first kappa shape index (κ1) is 16.1. The molecule has 0 aliphatic rings. The predicted molar refractivity (Wildman–Crippen MR) is 80.6 cm³/mol.